The van der Waals surface area contributed by atoms with Crippen molar-refractivity contribution in [1.29, 1.82) is 0 Å². The Kier molecular flexibility index (Phi) is 9.73. The number of esters is 1. The summed E-state index contributed by atoms with van der Waals surface area (Å²) in [5.41, 5.74) is -2.41. The summed E-state index contributed by atoms with van der Waals surface area (Å²) in [6.45, 7) is 8.07. The van der Waals surface area contributed by atoms with Gasteiger partial charge in [0, 0.05) is 35.5 Å². The van der Waals surface area contributed by atoms with Crippen molar-refractivity contribution in [3.8, 4) is 11.4 Å². The van der Waals surface area contributed by atoms with Crippen LogP contribution in [0.15, 0.2) is 53.3 Å². The lowest BCUT2D eigenvalue weighted by molar-refractivity contribution is -0.155. The second-order valence-electron chi connectivity index (χ2n) is 11.3. The molecule has 1 N–H and O–H groups in total. The van der Waals surface area contributed by atoms with Crippen LogP contribution in [0.25, 0.3) is 11.4 Å². The van der Waals surface area contributed by atoms with Crippen molar-refractivity contribution in [3.63, 3.8) is 0 Å². The second-order valence-corrected chi connectivity index (χ2v) is 11.8. The van der Waals surface area contributed by atoms with E-state index in [2.05, 4.69) is 10.4 Å². The lowest BCUT2D eigenvalue weighted by Gasteiger charge is -2.28. The van der Waals surface area contributed by atoms with Gasteiger partial charge in [0.15, 0.2) is 5.82 Å². The third kappa shape index (κ3) is 8.69. The molecule has 0 saturated carbocycles. The van der Waals surface area contributed by atoms with E-state index in [0.717, 1.165) is 10.7 Å². The van der Waals surface area contributed by atoms with Crippen LogP contribution in [0.5, 0.6) is 0 Å². The van der Waals surface area contributed by atoms with Gasteiger partial charge in [0.05, 0.1) is 5.56 Å². The molecule has 0 radical (unpaired) electrons. The molecule has 1 heterocycles. The van der Waals surface area contributed by atoms with Crippen molar-refractivity contribution >= 4 is 23.5 Å². The van der Waals surface area contributed by atoms with Gasteiger partial charge in [-0.25, -0.2) is 9.48 Å². The topological polar surface area (TPSA) is 95.2 Å². The molecule has 41 heavy (non-hydrogen) atoms. The van der Waals surface area contributed by atoms with Gasteiger partial charge in [-0.2, -0.15) is 13.2 Å². The zero-order chi connectivity index (χ0) is 30.6. The molecule has 8 nitrogen and oxygen atoms in total. The molecule has 222 valence electrons. The quantitative estimate of drug-likeness (QED) is 0.308. The number of nitrogens with one attached hydrogen (secondary N) is 1. The standard InChI is InChI=1S/C29H34ClF3N4O4/c1-27(2,3)41-24(39)11-8-16-36-25(19-12-14-20(30)15-13-19)35-37(26(36)40)17-23(38)34-18-28(4,5)21-9-6-7-10-22(21)29(31,32)33/h6-7,9-10,12-15H,8,11,16-18H2,1-5H3,(H,34,38). The minimum Gasteiger partial charge on any atom is -0.460 e. The Morgan fingerprint density at radius 2 is 1.59 bits per heavy atom. The van der Waals surface area contributed by atoms with Gasteiger partial charge in [-0.3, -0.25) is 14.2 Å². The van der Waals surface area contributed by atoms with Crippen LogP contribution in [0.2, 0.25) is 5.02 Å². The van der Waals surface area contributed by atoms with Crippen LogP contribution in [-0.4, -0.2) is 38.4 Å². The van der Waals surface area contributed by atoms with Crippen molar-refractivity contribution in [2.75, 3.05) is 6.54 Å². The maximum atomic E-state index is 13.5. The molecule has 0 atom stereocenters. The monoisotopic (exact) mass is 594 g/mol. The fourth-order valence-electron chi connectivity index (χ4n) is 4.26. The molecule has 0 aliphatic heterocycles. The van der Waals surface area contributed by atoms with Gasteiger partial charge in [-0.05, 0) is 63.1 Å². The van der Waals surface area contributed by atoms with Gasteiger partial charge in [0.1, 0.15) is 12.1 Å². The predicted octanol–water partition coefficient (Wildman–Crippen LogP) is 5.60. The number of aromatic nitrogens is 3. The molecular formula is C29H34ClF3N4O4. The largest absolute Gasteiger partial charge is 0.460 e. The summed E-state index contributed by atoms with van der Waals surface area (Å²) >= 11 is 6.01. The fraction of sp³-hybridized carbons (Fsp3) is 0.448. The number of halogens is 4. The van der Waals surface area contributed by atoms with E-state index < -0.39 is 46.9 Å². The minimum atomic E-state index is -4.54. The zero-order valence-corrected chi connectivity index (χ0v) is 24.4. The number of benzene rings is 2. The number of carbonyl (C=O) groups is 2. The number of amides is 1. The highest BCUT2D eigenvalue weighted by atomic mass is 35.5. The Morgan fingerprint density at radius 3 is 2.17 bits per heavy atom. The lowest BCUT2D eigenvalue weighted by Crippen LogP contribution is -2.40. The SMILES string of the molecule is CC(C)(C)OC(=O)CCCn1c(-c2ccc(Cl)cc2)nn(CC(=O)NCC(C)(C)c2ccccc2C(F)(F)F)c1=O. The van der Waals surface area contributed by atoms with Crippen molar-refractivity contribution in [1.82, 2.24) is 19.7 Å². The summed E-state index contributed by atoms with van der Waals surface area (Å²) in [5, 5.41) is 7.48. The molecule has 12 heteroatoms. The Hall–Kier alpha value is -3.60. The Balaban J connectivity index is 1.78. The van der Waals surface area contributed by atoms with E-state index in [0.29, 0.717) is 17.0 Å². The number of carbonyl (C=O) groups excluding carboxylic acids is 2. The first-order chi connectivity index (χ1) is 19.0. The maximum Gasteiger partial charge on any atom is 0.416 e. The number of hydrogen-bond acceptors (Lipinski definition) is 5. The summed E-state index contributed by atoms with van der Waals surface area (Å²) in [4.78, 5) is 38.3. The number of rotatable bonds is 10. The summed E-state index contributed by atoms with van der Waals surface area (Å²) < 4.78 is 48.3. The second kappa shape index (κ2) is 12.5. The first-order valence-corrected chi connectivity index (χ1v) is 13.4. The molecule has 0 unspecified atom stereocenters. The van der Waals surface area contributed by atoms with Gasteiger partial charge in [0.25, 0.3) is 0 Å². The first-order valence-electron chi connectivity index (χ1n) is 13.1. The van der Waals surface area contributed by atoms with Crippen molar-refractivity contribution in [2.45, 2.75) is 77.7 Å². The van der Waals surface area contributed by atoms with Crippen LogP contribution < -0.4 is 11.0 Å². The molecular weight excluding hydrogens is 561 g/mol. The van der Waals surface area contributed by atoms with Crippen molar-refractivity contribution in [3.05, 3.63) is 75.2 Å². The number of ether oxygens (including phenoxy) is 1. The highest BCUT2D eigenvalue weighted by molar-refractivity contribution is 6.30. The van der Waals surface area contributed by atoms with E-state index in [1.807, 2.05) is 0 Å². The average molecular weight is 595 g/mol. The van der Waals surface area contributed by atoms with E-state index in [4.69, 9.17) is 16.3 Å². The number of hydrogen-bond donors (Lipinski definition) is 1. The average Bonchev–Trinajstić information content (AvgIpc) is 3.16. The highest BCUT2D eigenvalue weighted by Crippen LogP contribution is 2.37. The molecule has 3 aromatic rings. The first kappa shape index (κ1) is 31.9. The Bertz CT molecular complexity index is 1440. The van der Waals surface area contributed by atoms with Crippen molar-refractivity contribution < 1.29 is 27.5 Å². The minimum absolute atomic E-state index is 0.0456. The number of alkyl halides is 3. The van der Waals surface area contributed by atoms with Crippen LogP contribution in [0.3, 0.4) is 0 Å². The predicted molar refractivity (Wildman–Crippen MR) is 149 cm³/mol. The molecule has 0 saturated heterocycles. The highest BCUT2D eigenvalue weighted by Gasteiger charge is 2.37. The van der Waals surface area contributed by atoms with E-state index >= 15 is 0 Å². The van der Waals surface area contributed by atoms with Gasteiger partial charge in [-0.1, -0.05) is 43.6 Å². The molecule has 1 aromatic heterocycles. The summed E-state index contributed by atoms with van der Waals surface area (Å²) in [7, 11) is 0. The smallest absolute Gasteiger partial charge is 0.416 e. The molecule has 0 aliphatic rings. The molecule has 0 fully saturated rings. The van der Waals surface area contributed by atoms with Crippen molar-refractivity contribution in [2.24, 2.45) is 0 Å². The van der Waals surface area contributed by atoms with Crippen LogP contribution in [0.1, 0.15) is 58.6 Å². The third-order valence-electron chi connectivity index (χ3n) is 6.19. The van der Waals surface area contributed by atoms with Crippen LogP contribution in [0, 0.1) is 0 Å². The number of nitrogens with zero attached hydrogens (tertiary/aromatic N) is 3. The molecule has 0 spiro atoms. The Labute approximate surface area is 241 Å². The lowest BCUT2D eigenvalue weighted by atomic mass is 9.81. The zero-order valence-electron chi connectivity index (χ0n) is 23.6. The molecule has 0 bridgehead atoms. The van der Waals surface area contributed by atoms with E-state index in [1.54, 1.807) is 58.9 Å². The molecule has 3 rings (SSSR count). The Morgan fingerprint density at radius 1 is 0.976 bits per heavy atom. The van der Waals surface area contributed by atoms with E-state index in [-0.39, 0.29) is 30.9 Å². The van der Waals surface area contributed by atoms with Gasteiger partial charge in [-0.15, -0.1) is 5.10 Å². The summed E-state index contributed by atoms with van der Waals surface area (Å²) in [5.74, 6) is -0.714. The fourth-order valence-corrected chi connectivity index (χ4v) is 4.39. The summed E-state index contributed by atoms with van der Waals surface area (Å²) in [6, 6.07) is 11.9. The van der Waals surface area contributed by atoms with Crippen LogP contribution in [0.4, 0.5) is 13.2 Å². The van der Waals surface area contributed by atoms with Crippen LogP contribution >= 0.6 is 11.6 Å². The molecule has 0 aliphatic carbocycles. The van der Waals surface area contributed by atoms with E-state index in [9.17, 15) is 27.6 Å². The molecule has 1 amide bonds. The summed E-state index contributed by atoms with van der Waals surface area (Å²) in [6.07, 6.45) is -4.18. The maximum absolute atomic E-state index is 13.5. The molecule has 2 aromatic carbocycles. The van der Waals surface area contributed by atoms with Gasteiger partial charge < -0.3 is 10.1 Å². The van der Waals surface area contributed by atoms with Gasteiger partial charge >= 0.3 is 17.8 Å². The normalized spacial score (nSPS) is 12.3. The van der Waals surface area contributed by atoms with E-state index in [1.165, 1.54) is 22.8 Å². The third-order valence-corrected chi connectivity index (χ3v) is 6.44. The van der Waals surface area contributed by atoms with Crippen LogP contribution in [-0.2, 0) is 39.0 Å². The van der Waals surface area contributed by atoms with Gasteiger partial charge in [0.2, 0.25) is 5.91 Å².